The van der Waals surface area contributed by atoms with Crippen molar-refractivity contribution in [1.29, 1.82) is 0 Å². The molecule has 1 saturated heterocycles. The van der Waals surface area contributed by atoms with Gasteiger partial charge in [-0.3, -0.25) is 9.78 Å². The minimum absolute atomic E-state index is 0. The second-order valence-electron chi connectivity index (χ2n) is 3.96. The molecule has 0 bridgehead atoms. The van der Waals surface area contributed by atoms with Gasteiger partial charge >= 0.3 is 0 Å². The summed E-state index contributed by atoms with van der Waals surface area (Å²) < 4.78 is 13.4. The van der Waals surface area contributed by atoms with E-state index >= 15 is 0 Å². The number of halogens is 3. The number of hydrogen-bond donors (Lipinski definition) is 1. The van der Waals surface area contributed by atoms with Crippen molar-refractivity contribution < 1.29 is 9.18 Å². The molecule has 7 heteroatoms. The predicted octanol–water partition coefficient (Wildman–Crippen LogP) is 1.50. The van der Waals surface area contributed by atoms with Crippen LogP contribution in [0.4, 0.5) is 4.39 Å². The molecular formula is C11H16Cl2FN3O. The van der Waals surface area contributed by atoms with Crippen LogP contribution in [-0.4, -0.2) is 41.5 Å². The molecule has 0 aromatic carbocycles. The van der Waals surface area contributed by atoms with Crippen molar-refractivity contribution in [2.45, 2.75) is 13.0 Å². The number of carbonyl (C=O) groups excluding carboxylic acids is 1. The average Bonchev–Trinajstić information content (AvgIpc) is 2.29. The molecule has 0 aliphatic carbocycles. The Bertz CT molecular complexity index is 406. The van der Waals surface area contributed by atoms with Crippen LogP contribution in [0, 0.1) is 5.82 Å². The smallest absolute Gasteiger partial charge is 0.257 e. The van der Waals surface area contributed by atoms with Gasteiger partial charge in [0.05, 0.1) is 11.8 Å². The molecule has 1 aromatic heterocycles. The Labute approximate surface area is 118 Å². The number of nitrogens with zero attached hydrogens (tertiary/aromatic N) is 2. The number of aromatic nitrogens is 1. The summed E-state index contributed by atoms with van der Waals surface area (Å²) in [6.45, 7) is 3.98. The van der Waals surface area contributed by atoms with E-state index in [0.717, 1.165) is 12.7 Å². The van der Waals surface area contributed by atoms with E-state index in [1.165, 1.54) is 12.3 Å². The molecule has 1 amide bonds. The lowest BCUT2D eigenvalue weighted by molar-refractivity contribution is 0.0704. The third-order valence-electron chi connectivity index (χ3n) is 2.66. The lowest BCUT2D eigenvalue weighted by Gasteiger charge is -2.31. The fourth-order valence-corrected chi connectivity index (χ4v) is 1.84. The van der Waals surface area contributed by atoms with Crippen LogP contribution in [0.25, 0.3) is 0 Å². The van der Waals surface area contributed by atoms with Crippen molar-refractivity contribution in [1.82, 2.24) is 15.2 Å². The van der Waals surface area contributed by atoms with Crippen LogP contribution in [-0.2, 0) is 0 Å². The van der Waals surface area contributed by atoms with E-state index in [4.69, 9.17) is 0 Å². The van der Waals surface area contributed by atoms with Gasteiger partial charge in [-0.05, 0) is 13.0 Å². The first-order valence-electron chi connectivity index (χ1n) is 5.30. The second kappa shape index (κ2) is 7.51. The van der Waals surface area contributed by atoms with Crippen molar-refractivity contribution in [3.05, 3.63) is 29.8 Å². The molecular weight excluding hydrogens is 280 g/mol. The van der Waals surface area contributed by atoms with Crippen molar-refractivity contribution in [2.75, 3.05) is 19.6 Å². The Hall–Kier alpha value is -0.910. The van der Waals surface area contributed by atoms with Crippen LogP contribution >= 0.6 is 24.8 Å². The van der Waals surface area contributed by atoms with Crippen LogP contribution < -0.4 is 5.32 Å². The van der Waals surface area contributed by atoms with Crippen molar-refractivity contribution in [3.63, 3.8) is 0 Å². The van der Waals surface area contributed by atoms with Crippen LogP contribution in [0.15, 0.2) is 18.5 Å². The van der Waals surface area contributed by atoms with Gasteiger partial charge in [-0.2, -0.15) is 0 Å². The first-order valence-corrected chi connectivity index (χ1v) is 5.30. The Morgan fingerprint density at radius 3 is 2.89 bits per heavy atom. The van der Waals surface area contributed by atoms with Crippen LogP contribution in [0.3, 0.4) is 0 Å². The minimum atomic E-state index is -0.557. The maximum absolute atomic E-state index is 13.4. The van der Waals surface area contributed by atoms with Gasteiger partial charge in [0.15, 0.2) is 5.82 Å². The summed E-state index contributed by atoms with van der Waals surface area (Å²) in [5.74, 6) is -0.813. The summed E-state index contributed by atoms with van der Waals surface area (Å²) in [5.41, 5.74) is 0.101. The highest BCUT2D eigenvalue weighted by atomic mass is 35.5. The zero-order valence-corrected chi connectivity index (χ0v) is 11.6. The first-order chi connectivity index (χ1) is 7.68. The maximum atomic E-state index is 13.4. The summed E-state index contributed by atoms with van der Waals surface area (Å²) in [6.07, 6.45) is 2.50. The third kappa shape index (κ3) is 3.80. The van der Waals surface area contributed by atoms with E-state index in [1.807, 2.05) is 6.92 Å². The van der Waals surface area contributed by atoms with E-state index in [9.17, 15) is 9.18 Å². The van der Waals surface area contributed by atoms with Gasteiger partial charge in [0.25, 0.3) is 5.91 Å². The van der Waals surface area contributed by atoms with E-state index < -0.39 is 5.82 Å². The van der Waals surface area contributed by atoms with Gasteiger partial charge in [0.2, 0.25) is 0 Å². The summed E-state index contributed by atoms with van der Waals surface area (Å²) in [7, 11) is 0. The monoisotopic (exact) mass is 295 g/mol. The number of piperazine rings is 1. The van der Waals surface area contributed by atoms with Gasteiger partial charge in [-0.15, -0.1) is 24.8 Å². The Morgan fingerprint density at radius 1 is 1.56 bits per heavy atom. The topological polar surface area (TPSA) is 45.2 Å². The molecule has 0 spiro atoms. The number of hydrogen-bond acceptors (Lipinski definition) is 3. The van der Waals surface area contributed by atoms with Gasteiger partial charge in [-0.25, -0.2) is 4.39 Å². The quantitative estimate of drug-likeness (QED) is 0.854. The van der Waals surface area contributed by atoms with Crippen molar-refractivity contribution in [3.8, 4) is 0 Å². The zero-order chi connectivity index (χ0) is 11.5. The maximum Gasteiger partial charge on any atom is 0.257 e. The lowest BCUT2D eigenvalue weighted by atomic mass is 10.2. The lowest BCUT2D eigenvalue weighted by Crippen LogP contribution is -2.51. The molecule has 0 radical (unpaired) electrons. The minimum Gasteiger partial charge on any atom is -0.336 e. The summed E-state index contributed by atoms with van der Waals surface area (Å²) in [6, 6.07) is 1.67. The first kappa shape index (κ1) is 17.1. The molecule has 0 saturated carbocycles. The van der Waals surface area contributed by atoms with Crippen molar-refractivity contribution >= 4 is 30.7 Å². The van der Waals surface area contributed by atoms with Crippen LogP contribution in [0.5, 0.6) is 0 Å². The second-order valence-corrected chi connectivity index (χ2v) is 3.96. The van der Waals surface area contributed by atoms with E-state index in [-0.39, 0.29) is 42.3 Å². The van der Waals surface area contributed by atoms with Crippen LogP contribution in [0.2, 0.25) is 0 Å². The Morgan fingerprint density at radius 2 is 2.28 bits per heavy atom. The predicted molar refractivity (Wildman–Crippen MR) is 72.1 cm³/mol. The molecule has 102 valence electrons. The molecule has 0 unspecified atom stereocenters. The fourth-order valence-electron chi connectivity index (χ4n) is 1.84. The summed E-state index contributed by atoms with van der Waals surface area (Å²) >= 11 is 0. The van der Waals surface area contributed by atoms with Gasteiger partial charge in [-0.1, -0.05) is 0 Å². The highest BCUT2D eigenvalue weighted by molar-refractivity contribution is 5.94. The number of rotatable bonds is 1. The van der Waals surface area contributed by atoms with Gasteiger partial charge in [0.1, 0.15) is 0 Å². The molecule has 1 aromatic rings. The highest BCUT2D eigenvalue weighted by Crippen LogP contribution is 2.10. The summed E-state index contributed by atoms with van der Waals surface area (Å²) in [5, 5.41) is 3.23. The number of pyridine rings is 1. The average molecular weight is 296 g/mol. The Balaban J connectivity index is 0.00000144. The third-order valence-corrected chi connectivity index (χ3v) is 2.66. The van der Waals surface area contributed by atoms with Crippen LogP contribution in [0.1, 0.15) is 17.3 Å². The normalized spacial score (nSPS) is 18.6. The van der Waals surface area contributed by atoms with E-state index in [0.29, 0.717) is 13.1 Å². The highest BCUT2D eigenvalue weighted by Gasteiger charge is 2.23. The summed E-state index contributed by atoms with van der Waals surface area (Å²) in [4.78, 5) is 17.3. The number of carbonyl (C=O) groups is 1. The fraction of sp³-hybridized carbons (Fsp3) is 0.455. The van der Waals surface area contributed by atoms with Gasteiger partial charge < -0.3 is 10.2 Å². The molecule has 2 rings (SSSR count). The van der Waals surface area contributed by atoms with E-state index in [2.05, 4.69) is 10.3 Å². The molecule has 4 nitrogen and oxygen atoms in total. The largest absolute Gasteiger partial charge is 0.336 e. The number of nitrogens with one attached hydrogen (secondary N) is 1. The van der Waals surface area contributed by atoms with E-state index in [1.54, 1.807) is 4.90 Å². The molecule has 1 aliphatic heterocycles. The molecule has 1 N–H and O–H groups in total. The van der Waals surface area contributed by atoms with Crippen molar-refractivity contribution in [2.24, 2.45) is 0 Å². The molecule has 1 atom stereocenters. The molecule has 1 fully saturated rings. The number of amides is 1. The van der Waals surface area contributed by atoms with Gasteiger partial charge in [0, 0.05) is 31.9 Å². The SMILES string of the molecule is C[C@@H]1CN(C(=O)c2ccncc2F)CCN1.Cl.Cl. The standard InChI is InChI=1S/C11H14FN3O.2ClH/c1-8-7-15(5-4-14-8)11(16)9-2-3-13-6-10(9)12;;/h2-3,6,8,14H,4-5,7H2,1H3;2*1H/t8-;;/m1../s1. The Kier molecular flexibility index (Phi) is 7.13. The molecule has 18 heavy (non-hydrogen) atoms. The zero-order valence-electron chi connectivity index (χ0n) is 9.93. The molecule has 1 aliphatic rings. The molecule has 2 heterocycles.